The standard InChI is InChI=1S/C29H34N2O3/c1-22-5-3-4-6-28(22)29(32)30-14-13-24-7-9-25(10-8-24)27-12-11-26(21-23(27)2)34-20-17-31-15-18-33-19-16-31/h3-12,21H,13-20H2,1-2H3,(H,30,32). The van der Waals surface area contributed by atoms with E-state index in [2.05, 4.69) is 59.6 Å². The van der Waals surface area contributed by atoms with Crippen LogP contribution in [0.5, 0.6) is 5.75 Å². The van der Waals surface area contributed by atoms with Gasteiger partial charge in [0.05, 0.1) is 13.2 Å². The molecule has 1 fully saturated rings. The van der Waals surface area contributed by atoms with Crippen LogP contribution in [0.4, 0.5) is 0 Å². The van der Waals surface area contributed by atoms with E-state index in [-0.39, 0.29) is 5.91 Å². The van der Waals surface area contributed by atoms with Crippen molar-refractivity contribution >= 4 is 5.91 Å². The number of ether oxygens (including phenoxy) is 2. The molecule has 1 amide bonds. The number of benzene rings is 3. The summed E-state index contributed by atoms with van der Waals surface area (Å²) in [6, 6.07) is 22.6. The third-order valence-electron chi connectivity index (χ3n) is 6.33. The molecule has 1 heterocycles. The molecule has 0 atom stereocenters. The van der Waals surface area contributed by atoms with Crippen LogP contribution in [0, 0.1) is 13.8 Å². The molecule has 0 aromatic heterocycles. The van der Waals surface area contributed by atoms with Gasteiger partial charge in [-0.15, -0.1) is 0 Å². The topological polar surface area (TPSA) is 50.8 Å². The van der Waals surface area contributed by atoms with E-state index in [1.54, 1.807) is 0 Å². The highest BCUT2D eigenvalue weighted by Gasteiger charge is 2.11. The minimum atomic E-state index is -0.0161. The number of nitrogens with zero attached hydrogens (tertiary/aromatic N) is 1. The van der Waals surface area contributed by atoms with Crippen molar-refractivity contribution < 1.29 is 14.3 Å². The van der Waals surface area contributed by atoms with Crippen molar-refractivity contribution in [3.8, 4) is 16.9 Å². The first kappa shape index (κ1) is 24.0. The van der Waals surface area contributed by atoms with E-state index in [1.165, 1.54) is 22.3 Å². The van der Waals surface area contributed by atoms with E-state index >= 15 is 0 Å². The van der Waals surface area contributed by atoms with Gasteiger partial charge in [-0.2, -0.15) is 0 Å². The van der Waals surface area contributed by atoms with Gasteiger partial charge in [-0.25, -0.2) is 0 Å². The van der Waals surface area contributed by atoms with Crippen molar-refractivity contribution in [1.82, 2.24) is 10.2 Å². The smallest absolute Gasteiger partial charge is 0.251 e. The van der Waals surface area contributed by atoms with Crippen LogP contribution in [0.3, 0.4) is 0 Å². The zero-order chi connectivity index (χ0) is 23.8. The van der Waals surface area contributed by atoms with E-state index in [0.29, 0.717) is 13.2 Å². The minimum absolute atomic E-state index is 0.0161. The van der Waals surface area contributed by atoms with Crippen LogP contribution >= 0.6 is 0 Å². The van der Waals surface area contributed by atoms with Crippen LogP contribution in [0.2, 0.25) is 0 Å². The number of hydrogen-bond acceptors (Lipinski definition) is 4. The van der Waals surface area contributed by atoms with Gasteiger partial charge in [0.1, 0.15) is 12.4 Å². The van der Waals surface area contributed by atoms with Crippen molar-refractivity contribution in [2.75, 3.05) is 46.0 Å². The molecule has 3 aromatic rings. The summed E-state index contributed by atoms with van der Waals surface area (Å²) in [5.41, 5.74) is 6.52. The summed E-state index contributed by atoms with van der Waals surface area (Å²) in [4.78, 5) is 14.8. The first-order chi connectivity index (χ1) is 16.6. The zero-order valence-electron chi connectivity index (χ0n) is 20.2. The lowest BCUT2D eigenvalue weighted by Gasteiger charge is -2.26. The molecule has 4 rings (SSSR count). The van der Waals surface area contributed by atoms with E-state index in [0.717, 1.165) is 56.1 Å². The molecule has 178 valence electrons. The lowest BCUT2D eigenvalue weighted by molar-refractivity contribution is 0.0322. The summed E-state index contributed by atoms with van der Waals surface area (Å²) in [6.45, 7) is 9.90. The van der Waals surface area contributed by atoms with Crippen LogP contribution in [0.25, 0.3) is 11.1 Å². The molecule has 0 bridgehead atoms. The first-order valence-corrected chi connectivity index (χ1v) is 12.1. The number of hydrogen-bond donors (Lipinski definition) is 1. The molecule has 5 heteroatoms. The van der Waals surface area contributed by atoms with Crippen LogP contribution in [-0.4, -0.2) is 56.8 Å². The normalized spacial score (nSPS) is 14.1. The lowest BCUT2D eigenvalue weighted by atomic mass is 9.98. The van der Waals surface area contributed by atoms with Crippen molar-refractivity contribution in [3.05, 3.63) is 89.0 Å². The van der Waals surface area contributed by atoms with Gasteiger partial charge in [0.2, 0.25) is 0 Å². The van der Waals surface area contributed by atoms with Gasteiger partial charge < -0.3 is 14.8 Å². The van der Waals surface area contributed by atoms with Gasteiger partial charge in [-0.3, -0.25) is 9.69 Å². The average molecular weight is 459 g/mol. The largest absolute Gasteiger partial charge is 0.492 e. The number of amides is 1. The molecule has 5 nitrogen and oxygen atoms in total. The Labute approximate surface area is 202 Å². The molecule has 1 aliphatic rings. The second kappa shape index (κ2) is 11.8. The average Bonchev–Trinajstić information content (AvgIpc) is 2.86. The fourth-order valence-corrected chi connectivity index (χ4v) is 4.26. The Morgan fingerprint density at radius 3 is 2.47 bits per heavy atom. The van der Waals surface area contributed by atoms with E-state index in [9.17, 15) is 4.79 Å². The molecular formula is C29H34N2O3. The molecule has 1 N–H and O–H groups in total. The Morgan fingerprint density at radius 2 is 1.74 bits per heavy atom. The predicted octanol–water partition coefficient (Wildman–Crippen LogP) is 4.65. The molecule has 0 aliphatic carbocycles. The van der Waals surface area contributed by atoms with Crippen LogP contribution in [0.15, 0.2) is 66.7 Å². The molecule has 3 aromatic carbocycles. The molecule has 0 spiro atoms. The van der Waals surface area contributed by atoms with Crippen LogP contribution in [-0.2, 0) is 11.2 Å². The second-order valence-corrected chi connectivity index (χ2v) is 8.80. The zero-order valence-corrected chi connectivity index (χ0v) is 20.2. The molecular weight excluding hydrogens is 424 g/mol. The Morgan fingerprint density at radius 1 is 0.971 bits per heavy atom. The molecule has 0 saturated carbocycles. The van der Waals surface area contributed by atoms with Gasteiger partial charge in [-0.1, -0.05) is 48.5 Å². The summed E-state index contributed by atoms with van der Waals surface area (Å²) >= 11 is 0. The maximum absolute atomic E-state index is 12.4. The number of carbonyl (C=O) groups excluding carboxylic acids is 1. The SMILES string of the molecule is Cc1ccccc1C(=O)NCCc1ccc(-c2ccc(OCCN3CCOCC3)cc2C)cc1. The highest BCUT2D eigenvalue weighted by Crippen LogP contribution is 2.27. The third-order valence-corrected chi connectivity index (χ3v) is 6.33. The first-order valence-electron chi connectivity index (χ1n) is 12.1. The Balaban J connectivity index is 1.27. The van der Waals surface area contributed by atoms with Gasteiger partial charge in [-0.05, 0) is 66.3 Å². The minimum Gasteiger partial charge on any atom is -0.492 e. The number of rotatable bonds is 9. The highest BCUT2D eigenvalue weighted by atomic mass is 16.5. The number of morpholine rings is 1. The van der Waals surface area contributed by atoms with Crippen molar-refractivity contribution in [3.63, 3.8) is 0 Å². The van der Waals surface area contributed by atoms with E-state index in [1.807, 2.05) is 31.2 Å². The Hall–Kier alpha value is -3.15. The maximum Gasteiger partial charge on any atom is 0.251 e. The molecule has 1 aliphatic heterocycles. The lowest BCUT2D eigenvalue weighted by Crippen LogP contribution is -2.38. The van der Waals surface area contributed by atoms with Crippen LogP contribution in [0.1, 0.15) is 27.0 Å². The summed E-state index contributed by atoms with van der Waals surface area (Å²) < 4.78 is 11.4. The second-order valence-electron chi connectivity index (χ2n) is 8.80. The molecule has 0 unspecified atom stereocenters. The monoisotopic (exact) mass is 458 g/mol. The Bertz CT molecular complexity index is 1090. The van der Waals surface area contributed by atoms with E-state index in [4.69, 9.17) is 9.47 Å². The fraction of sp³-hybridized carbons (Fsp3) is 0.345. The highest BCUT2D eigenvalue weighted by molar-refractivity contribution is 5.95. The third kappa shape index (κ3) is 6.46. The summed E-state index contributed by atoms with van der Waals surface area (Å²) in [6.07, 6.45) is 0.798. The van der Waals surface area contributed by atoms with Crippen molar-refractivity contribution in [1.29, 1.82) is 0 Å². The summed E-state index contributed by atoms with van der Waals surface area (Å²) in [5.74, 6) is 0.896. The van der Waals surface area contributed by atoms with Crippen molar-refractivity contribution in [2.24, 2.45) is 0 Å². The number of carbonyl (C=O) groups is 1. The van der Waals surface area contributed by atoms with Gasteiger partial charge in [0, 0.05) is 31.7 Å². The summed E-state index contributed by atoms with van der Waals surface area (Å²) in [5, 5.41) is 3.03. The summed E-state index contributed by atoms with van der Waals surface area (Å²) in [7, 11) is 0. The quantitative estimate of drug-likeness (QED) is 0.507. The fourth-order valence-electron chi connectivity index (χ4n) is 4.26. The van der Waals surface area contributed by atoms with Gasteiger partial charge in [0.15, 0.2) is 0 Å². The molecule has 34 heavy (non-hydrogen) atoms. The molecule has 0 radical (unpaired) electrons. The predicted molar refractivity (Wildman–Crippen MR) is 137 cm³/mol. The maximum atomic E-state index is 12.4. The van der Waals surface area contributed by atoms with Crippen LogP contribution < -0.4 is 10.1 Å². The number of nitrogens with one attached hydrogen (secondary N) is 1. The number of aryl methyl sites for hydroxylation is 2. The van der Waals surface area contributed by atoms with Crippen molar-refractivity contribution in [2.45, 2.75) is 20.3 Å². The Kier molecular flexibility index (Phi) is 8.34. The van der Waals surface area contributed by atoms with Gasteiger partial charge in [0.25, 0.3) is 5.91 Å². The molecule has 1 saturated heterocycles. The van der Waals surface area contributed by atoms with Gasteiger partial charge >= 0.3 is 0 Å². The van der Waals surface area contributed by atoms with E-state index < -0.39 is 0 Å².